The predicted molar refractivity (Wildman–Crippen MR) is 84.1 cm³/mol. The minimum absolute atomic E-state index is 0.213. The highest BCUT2D eigenvalue weighted by Crippen LogP contribution is 2.23. The molecule has 3 N–H and O–H groups in total. The zero-order valence-corrected chi connectivity index (χ0v) is 14.0. The molecule has 0 saturated heterocycles. The monoisotopic (exact) mass is 372 g/mol. The van der Waals surface area contributed by atoms with Gasteiger partial charge in [0.25, 0.3) is 0 Å². The zero-order chi connectivity index (χ0) is 15.5. The Morgan fingerprint density at radius 1 is 1.38 bits per heavy atom. The molecule has 2 rings (SSSR count). The number of nitrogens with zero attached hydrogens (tertiary/aromatic N) is 2. The average molecular weight is 373 g/mol. The first-order valence-corrected chi connectivity index (χ1v) is 8.66. The summed E-state index contributed by atoms with van der Waals surface area (Å²) in [6, 6.07) is 6.84. The first-order chi connectivity index (χ1) is 9.94. The molecule has 1 heterocycles. The van der Waals surface area contributed by atoms with E-state index >= 15 is 0 Å². The van der Waals surface area contributed by atoms with Gasteiger partial charge in [0.2, 0.25) is 10.0 Å². The van der Waals surface area contributed by atoms with Crippen LogP contribution in [0.15, 0.2) is 39.8 Å². The molecule has 0 amide bonds. The number of aromatic nitrogens is 2. The molecule has 8 heteroatoms. The van der Waals surface area contributed by atoms with Crippen LogP contribution in [0.1, 0.15) is 11.3 Å². The molecule has 114 valence electrons. The maximum absolute atomic E-state index is 12.3. The van der Waals surface area contributed by atoms with Crippen LogP contribution in [-0.4, -0.2) is 24.7 Å². The third-order valence-corrected chi connectivity index (χ3v) is 5.55. The lowest BCUT2D eigenvalue weighted by molar-refractivity contribution is 0.579. The first kappa shape index (κ1) is 16.2. The molecule has 0 aliphatic carbocycles. The number of halogens is 1. The van der Waals surface area contributed by atoms with Gasteiger partial charge in [0.1, 0.15) is 0 Å². The summed E-state index contributed by atoms with van der Waals surface area (Å²) in [6.45, 7) is 0.680. The Hall–Kier alpha value is -1.22. The molecule has 0 fully saturated rings. The summed E-state index contributed by atoms with van der Waals surface area (Å²) in [5.41, 5.74) is 7.37. The van der Waals surface area contributed by atoms with Crippen LogP contribution in [0.25, 0.3) is 0 Å². The van der Waals surface area contributed by atoms with E-state index in [1.165, 1.54) is 0 Å². The van der Waals surface area contributed by atoms with Crippen molar-refractivity contribution in [2.45, 2.75) is 17.9 Å². The number of hydrogen-bond donors (Lipinski definition) is 2. The fraction of sp³-hybridized carbons (Fsp3) is 0.308. The van der Waals surface area contributed by atoms with Crippen LogP contribution in [0.4, 0.5) is 0 Å². The van der Waals surface area contributed by atoms with Gasteiger partial charge in [-0.1, -0.05) is 6.07 Å². The third-order valence-electron chi connectivity index (χ3n) is 3.12. The summed E-state index contributed by atoms with van der Waals surface area (Å²) in [5.74, 6) is 0. The van der Waals surface area contributed by atoms with E-state index in [1.54, 1.807) is 29.1 Å². The summed E-state index contributed by atoms with van der Waals surface area (Å²) >= 11 is 3.28. The van der Waals surface area contributed by atoms with Crippen LogP contribution in [0.3, 0.4) is 0 Å². The van der Waals surface area contributed by atoms with Crippen molar-refractivity contribution in [2.24, 2.45) is 12.8 Å². The van der Waals surface area contributed by atoms with E-state index < -0.39 is 10.0 Å². The van der Waals surface area contributed by atoms with Crippen molar-refractivity contribution in [3.8, 4) is 0 Å². The molecule has 0 aliphatic rings. The van der Waals surface area contributed by atoms with Crippen molar-refractivity contribution in [1.29, 1.82) is 0 Å². The molecule has 2 aromatic rings. The molecular weight excluding hydrogens is 356 g/mol. The normalized spacial score (nSPS) is 11.8. The van der Waals surface area contributed by atoms with E-state index in [-0.39, 0.29) is 4.90 Å². The van der Waals surface area contributed by atoms with E-state index in [0.29, 0.717) is 24.0 Å². The van der Waals surface area contributed by atoms with Crippen LogP contribution in [-0.2, 0) is 30.0 Å². The Morgan fingerprint density at radius 3 is 2.71 bits per heavy atom. The molecule has 1 aromatic heterocycles. The molecule has 0 saturated carbocycles. The lowest BCUT2D eigenvalue weighted by atomic mass is 10.2. The molecule has 6 nitrogen and oxygen atoms in total. The number of hydrogen-bond acceptors (Lipinski definition) is 4. The van der Waals surface area contributed by atoms with Crippen LogP contribution in [0, 0.1) is 0 Å². The number of sulfonamides is 1. The van der Waals surface area contributed by atoms with E-state index in [1.807, 2.05) is 13.1 Å². The number of benzene rings is 1. The molecule has 0 unspecified atom stereocenters. The molecule has 0 radical (unpaired) electrons. The van der Waals surface area contributed by atoms with Gasteiger partial charge in [0, 0.05) is 42.9 Å². The molecule has 0 atom stereocenters. The molecular formula is C13H17BrN4O2S. The molecule has 0 bridgehead atoms. The molecule has 1 aromatic carbocycles. The van der Waals surface area contributed by atoms with Crippen molar-refractivity contribution in [1.82, 2.24) is 14.5 Å². The maximum atomic E-state index is 12.3. The van der Waals surface area contributed by atoms with Crippen molar-refractivity contribution in [3.63, 3.8) is 0 Å². The summed E-state index contributed by atoms with van der Waals surface area (Å²) in [7, 11) is -1.72. The largest absolute Gasteiger partial charge is 0.326 e. The smallest absolute Gasteiger partial charge is 0.241 e. The van der Waals surface area contributed by atoms with Gasteiger partial charge in [-0.2, -0.15) is 5.10 Å². The highest BCUT2D eigenvalue weighted by molar-refractivity contribution is 9.10. The predicted octanol–water partition coefficient (Wildman–Crippen LogP) is 1.16. The zero-order valence-electron chi connectivity index (χ0n) is 11.6. The first-order valence-electron chi connectivity index (χ1n) is 6.39. The van der Waals surface area contributed by atoms with Crippen molar-refractivity contribution >= 4 is 26.0 Å². The van der Waals surface area contributed by atoms with E-state index in [9.17, 15) is 8.42 Å². The SMILES string of the molecule is Cn1nccc1CCNS(=O)(=O)c1ccc(CN)cc1Br. The van der Waals surface area contributed by atoms with Crippen molar-refractivity contribution < 1.29 is 8.42 Å². The second-order valence-electron chi connectivity index (χ2n) is 4.56. The minimum Gasteiger partial charge on any atom is -0.326 e. The van der Waals surface area contributed by atoms with Gasteiger partial charge < -0.3 is 5.73 Å². The number of nitrogens with two attached hydrogens (primary N) is 1. The Bertz CT molecular complexity index is 728. The van der Waals surface area contributed by atoms with Gasteiger partial charge in [-0.05, 0) is 39.7 Å². The van der Waals surface area contributed by atoms with Crippen molar-refractivity contribution in [3.05, 3.63) is 46.2 Å². The quantitative estimate of drug-likeness (QED) is 0.795. The Balaban J connectivity index is 2.06. The van der Waals surface area contributed by atoms with Gasteiger partial charge in [-0.3, -0.25) is 4.68 Å². The van der Waals surface area contributed by atoms with Crippen molar-refractivity contribution in [2.75, 3.05) is 6.54 Å². The van der Waals surface area contributed by atoms with E-state index in [0.717, 1.165) is 11.3 Å². The number of rotatable bonds is 6. The van der Waals surface area contributed by atoms with Gasteiger partial charge in [-0.25, -0.2) is 13.1 Å². The van der Waals surface area contributed by atoms with Gasteiger partial charge >= 0.3 is 0 Å². The minimum atomic E-state index is -3.55. The van der Waals surface area contributed by atoms with Gasteiger partial charge in [0.05, 0.1) is 4.90 Å². The summed E-state index contributed by atoms with van der Waals surface area (Å²) < 4.78 is 29.4. The molecule has 0 aliphatic heterocycles. The lowest BCUT2D eigenvalue weighted by Crippen LogP contribution is -2.26. The van der Waals surface area contributed by atoms with Gasteiger partial charge in [0.15, 0.2) is 0 Å². The average Bonchev–Trinajstić information content (AvgIpc) is 2.83. The van der Waals surface area contributed by atoms with Crippen LogP contribution < -0.4 is 10.5 Å². The van der Waals surface area contributed by atoms with Gasteiger partial charge in [-0.15, -0.1) is 0 Å². The summed E-state index contributed by atoms with van der Waals surface area (Å²) in [6.07, 6.45) is 2.26. The lowest BCUT2D eigenvalue weighted by Gasteiger charge is -2.09. The Labute approximate surface area is 132 Å². The maximum Gasteiger partial charge on any atom is 0.241 e. The van der Waals surface area contributed by atoms with Crippen LogP contribution in [0.2, 0.25) is 0 Å². The summed E-state index contributed by atoms with van der Waals surface area (Å²) in [4.78, 5) is 0.213. The fourth-order valence-corrected chi connectivity index (χ4v) is 4.08. The highest BCUT2D eigenvalue weighted by atomic mass is 79.9. The topological polar surface area (TPSA) is 90.0 Å². The number of aryl methyl sites for hydroxylation is 1. The third kappa shape index (κ3) is 3.91. The number of nitrogens with one attached hydrogen (secondary N) is 1. The Kier molecular flexibility index (Phi) is 5.15. The standard InChI is InChI=1S/C13H17BrN4O2S/c1-18-11(4-6-16-18)5-7-17-21(19,20)13-3-2-10(9-15)8-12(13)14/h2-4,6,8,17H,5,7,9,15H2,1H3. The van der Waals surface area contributed by atoms with Crippen LogP contribution in [0.5, 0.6) is 0 Å². The second kappa shape index (κ2) is 6.69. The summed E-state index contributed by atoms with van der Waals surface area (Å²) in [5, 5.41) is 4.04. The second-order valence-corrected chi connectivity index (χ2v) is 7.15. The van der Waals surface area contributed by atoms with E-state index in [4.69, 9.17) is 5.73 Å². The Morgan fingerprint density at radius 2 is 2.14 bits per heavy atom. The van der Waals surface area contributed by atoms with Crippen LogP contribution >= 0.6 is 15.9 Å². The molecule has 0 spiro atoms. The highest BCUT2D eigenvalue weighted by Gasteiger charge is 2.17. The molecule has 21 heavy (non-hydrogen) atoms. The fourth-order valence-electron chi connectivity index (χ4n) is 1.93. The van der Waals surface area contributed by atoms with E-state index in [2.05, 4.69) is 25.8 Å².